The minimum atomic E-state index is -1.29. The fraction of sp³-hybridized carbons (Fsp3) is 0.387. The van der Waals surface area contributed by atoms with Gasteiger partial charge < -0.3 is 24.5 Å². The summed E-state index contributed by atoms with van der Waals surface area (Å²) in [5.74, 6) is -2.34. The van der Waals surface area contributed by atoms with Crippen LogP contribution < -0.4 is 9.80 Å². The Hall–Kier alpha value is -3.75. The summed E-state index contributed by atoms with van der Waals surface area (Å²) in [7, 11) is 0. The lowest BCUT2D eigenvalue weighted by Gasteiger charge is -2.35. The van der Waals surface area contributed by atoms with E-state index in [-0.39, 0.29) is 30.9 Å². The molecule has 2 aromatic carbocycles. The quantitative estimate of drug-likeness (QED) is 0.604. The molecule has 4 heterocycles. The first kappa shape index (κ1) is 25.5. The molecule has 0 aliphatic carbocycles. The van der Waals surface area contributed by atoms with Crippen molar-refractivity contribution in [1.82, 2.24) is 4.90 Å². The van der Waals surface area contributed by atoms with Crippen LogP contribution in [0.2, 0.25) is 0 Å². The number of para-hydroxylation sites is 1. The normalized spacial score (nSPS) is 29.8. The van der Waals surface area contributed by atoms with E-state index in [9.17, 15) is 19.5 Å². The minimum absolute atomic E-state index is 0.116. The van der Waals surface area contributed by atoms with Gasteiger partial charge in [-0.1, -0.05) is 54.6 Å². The van der Waals surface area contributed by atoms with Crippen molar-refractivity contribution in [2.24, 2.45) is 11.8 Å². The Morgan fingerprint density at radius 2 is 1.72 bits per heavy atom. The van der Waals surface area contributed by atoms with Gasteiger partial charge in [0.2, 0.25) is 11.8 Å². The van der Waals surface area contributed by atoms with E-state index in [1.165, 1.54) is 0 Å². The number of aliphatic hydroxyl groups excluding tert-OH is 1. The Labute approximate surface area is 228 Å². The number of hydrogen-bond donors (Lipinski definition) is 1. The van der Waals surface area contributed by atoms with Gasteiger partial charge in [0.25, 0.3) is 5.91 Å². The third kappa shape index (κ3) is 3.93. The average molecular weight is 528 g/mol. The standard InChI is InChI=1S/C31H33N3O5/c1-20-12-13-21(2)23(19-20)33-16-7-14-31-26(29(37)34(17-8-18-35)27(31)30(33)38)25-24(39-31)11-6-15-32(28(25)36)22-9-4-3-5-10-22/h3-7,9-14,19,24-27,35H,8,15-18H2,1-2H3/t24-,25+,26+,27?,31+/m1/s1. The fourth-order valence-corrected chi connectivity index (χ4v) is 6.68. The van der Waals surface area contributed by atoms with E-state index in [0.29, 0.717) is 19.5 Å². The molecule has 0 saturated carbocycles. The molecule has 0 bridgehead atoms. The van der Waals surface area contributed by atoms with Gasteiger partial charge in [-0.3, -0.25) is 14.4 Å². The molecule has 4 aliphatic rings. The van der Waals surface area contributed by atoms with Gasteiger partial charge in [-0.2, -0.15) is 0 Å². The van der Waals surface area contributed by atoms with Crippen LogP contribution in [-0.4, -0.2) is 71.7 Å². The SMILES string of the molecule is Cc1ccc(C)c(N2CC=C[C@]34O[C@@H]5C=CCN(c6ccccc6)C(=O)[C@@H]5[C@H]3C(=O)N(CCCO)C4C2=O)c1. The van der Waals surface area contributed by atoms with Crippen molar-refractivity contribution >= 4 is 29.1 Å². The summed E-state index contributed by atoms with van der Waals surface area (Å²) in [6, 6.07) is 14.4. The predicted molar refractivity (Wildman–Crippen MR) is 147 cm³/mol. The Balaban J connectivity index is 1.45. The summed E-state index contributed by atoms with van der Waals surface area (Å²) >= 11 is 0. The second-order valence-electron chi connectivity index (χ2n) is 10.8. The zero-order valence-corrected chi connectivity index (χ0v) is 22.2. The number of aliphatic hydroxyl groups is 1. The number of amides is 3. The molecule has 0 aromatic heterocycles. The van der Waals surface area contributed by atoms with Crippen LogP contribution in [0.5, 0.6) is 0 Å². The van der Waals surface area contributed by atoms with Gasteiger partial charge in [0.1, 0.15) is 11.6 Å². The van der Waals surface area contributed by atoms with E-state index in [0.717, 1.165) is 22.5 Å². The maximum Gasteiger partial charge on any atom is 0.253 e. The van der Waals surface area contributed by atoms with Crippen LogP contribution in [0.25, 0.3) is 0 Å². The number of nitrogens with zero attached hydrogens (tertiary/aromatic N) is 3. The molecule has 2 aromatic rings. The smallest absolute Gasteiger partial charge is 0.253 e. The lowest BCUT2D eigenvalue weighted by atomic mass is 9.77. The number of carbonyl (C=O) groups is 3. The Bertz CT molecular complexity index is 1370. The second-order valence-corrected chi connectivity index (χ2v) is 10.8. The van der Waals surface area contributed by atoms with Crippen molar-refractivity contribution in [2.75, 3.05) is 36.0 Å². The molecule has 1 spiro atoms. The molecular weight excluding hydrogens is 494 g/mol. The maximum absolute atomic E-state index is 14.4. The highest BCUT2D eigenvalue weighted by Crippen LogP contribution is 2.54. The zero-order chi connectivity index (χ0) is 27.3. The lowest BCUT2D eigenvalue weighted by Crippen LogP contribution is -2.55. The Morgan fingerprint density at radius 1 is 0.949 bits per heavy atom. The highest BCUT2D eigenvalue weighted by atomic mass is 16.5. The van der Waals surface area contributed by atoms with Crippen LogP contribution in [0.15, 0.2) is 72.8 Å². The van der Waals surface area contributed by atoms with Crippen LogP contribution in [-0.2, 0) is 19.1 Å². The molecule has 1 unspecified atom stereocenters. The van der Waals surface area contributed by atoms with Crippen LogP contribution in [0.1, 0.15) is 17.5 Å². The van der Waals surface area contributed by atoms with E-state index < -0.39 is 29.6 Å². The molecule has 1 N–H and O–H groups in total. The molecule has 5 atom stereocenters. The molecule has 4 aliphatic heterocycles. The van der Waals surface area contributed by atoms with Gasteiger partial charge in [-0.05, 0) is 49.6 Å². The van der Waals surface area contributed by atoms with Crippen LogP contribution >= 0.6 is 0 Å². The number of benzene rings is 2. The maximum atomic E-state index is 14.4. The van der Waals surface area contributed by atoms with Crippen LogP contribution in [0.3, 0.4) is 0 Å². The number of hydrogen-bond acceptors (Lipinski definition) is 5. The van der Waals surface area contributed by atoms with E-state index in [4.69, 9.17) is 4.74 Å². The van der Waals surface area contributed by atoms with E-state index in [1.54, 1.807) is 14.7 Å². The molecule has 2 saturated heterocycles. The first-order chi connectivity index (χ1) is 18.9. The Kier molecular flexibility index (Phi) is 6.40. The summed E-state index contributed by atoms with van der Waals surface area (Å²) < 4.78 is 6.69. The summed E-state index contributed by atoms with van der Waals surface area (Å²) in [6.45, 7) is 4.73. The summed E-state index contributed by atoms with van der Waals surface area (Å²) in [5, 5.41) is 9.61. The number of rotatable bonds is 5. The summed E-state index contributed by atoms with van der Waals surface area (Å²) in [6.07, 6.45) is 7.21. The van der Waals surface area contributed by atoms with Gasteiger partial charge in [0.05, 0.1) is 17.9 Å². The monoisotopic (exact) mass is 527 g/mol. The first-order valence-corrected chi connectivity index (χ1v) is 13.6. The van der Waals surface area contributed by atoms with Crippen molar-refractivity contribution in [1.29, 1.82) is 0 Å². The third-order valence-corrected chi connectivity index (χ3v) is 8.44. The second kappa shape index (κ2) is 9.77. The predicted octanol–water partition coefficient (Wildman–Crippen LogP) is 2.77. The van der Waals surface area contributed by atoms with Crippen molar-refractivity contribution < 1.29 is 24.2 Å². The van der Waals surface area contributed by atoms with E-state index in [1.807, 2.05) is 86.7 Å². The highest BCUT2D eigenvalue weighted by molar-refractivity contribution is 6.07. The Morgan fingerprint density at radius 3 is 2.49 bits per heavy atom. The van der Waals surface area contributed by atoms with E-state index >= 15 is 0 Å². The van der Waals surface area contributed by atoms with Gasteiger partial charge in [0.15, 0.2) is 0 Å². The van der Waals surface area contributed by atoms with Gasteiger partial charge in [-0.25, -0.2) is 0 Å². The number of ether oxygens (including phenoxy) is 1. The molecule has 0 radical (unpaired) electrons. The summed E-state index contributed by atoms with van der Waals surface area (Å²) in [5.41, 5.74) is 2.24. The molecular formula is C31H33N3O5. The average Bonchev–Trinajstić information content (AvgIpc) is 3.24. The molecule has 3 amide bonds. The zero-order valence-electron chi connectivity index (χ0n) is 22.2. The third-order valence-electron chi connectivity index (χ3n) is 8.44. The molecule has 6 rings (SSSR count). The number of fused-ring (bicyclic) bond motifs is 2. The topological polar surface area (TPSA) is 90.4 Å². The summed E-state index contributed by atoms with van der Waals surface area (Å²) in [4.78, 5) is 47.7. The van der Waals surface area contributed by atoms with Crippen LogP contribution in [0.4, 0.5) is 11.4 Å². The number of carbonyl (C=O) groups excluding carboxylic acids is 3. The molecule has 8 heteroatoms. The van der Waals surface area contributed by atoms with E-state index in [2.05, 4.69) is 0 Å². The van der Waals surface area contributed by atoms with Crippen LogP contribution in [0, 0.1) is 25.7 Å². The van der Waals surface area contributed by atoms with Crippen molar-refractivity contribution in [2.45, 2.75) is 38.0 Å². The minimum Gasteiger partial charge on any atom is -0.396 e. The largest absolute Gasteiger partial charge is 0.396 e. The van der Waals surface area contributed by atoms with Gasteiger partial charge in [0, 0.05) is 37.6 Å². The molecule has 2 fully saturated rings. The van der Waals surface area contributed by atoms with Gasteiger partial charge >= 0.3 is 0 Å². The van der Waals surface area contributed by atoms with Crippen molar-refractivity contribution in [3.63, 3.8) is 0 Å². The van der Waals surface area contributed by atoms with Crippen molar-refractivity contribution in [3.8, 4) is 0 Å². The molecule has 8 nitrogen and oxygen atoms in total. The highest BCUT2D eigenvalue weighted by Gasteiger charge is 2.71. The number of aryl methyl sites for hydroxylation is 2. The fourth-order valence-electron chi connectivity index (χ4n) is 6.68. The van der Waals surface area contributed by atoms with Gasteiger partial charge in [-0.15, -0.1) is 0 Å². The molecule has 202 valence electrons. The first-order valence-electron chi connectivity index (χ1n) is 13.6. The number of anilines is 2. The lowest BCUT2D eigenvalue weighted by molar-refractivity contribution is -0.140. The van der Waals surface area contributed by atoms with Crippen molar-refractivity contribution in [3.05, 3.63) is 84.0 Å². The molecule has 39 heavy (non-hydrogen) atoms. The number of likely N-dealkylation sites (tertiary alicyclic amines) is 1.